The topological polar surface area (TPSA) is 154 Å². The number of hydrogen-bond acceptors (Lipinski definition) is 10. The minimum Gasteiger partial charge on any atom is -0.488 e. The number of ether oxygens (including phenoxy) is 2. The van der Waals surface area contributed by atoms with E-state index in [0.717, 1.165) is 33.4 Å². The first-order valence-electron chi connectivity index (χ1n) is 19.9. The highest BCUT2D eigenvalue weighted by Crippen LogP contribution is 2.56. The molecule has 63 heavy (non-hydrogen) atoms. The molecule has 9 rings (SSSR count). The molecule has 8 aromatic carbocycles. The summed E-state index contributed by atoms with van der Waals surface area (Å²) in [5.74, 6) is 0.905. The smallest absolute Gasteiger partial charge is 0.314 e. The van der Waals surface area contributed by atoms with E-state index in [1.165, 1.54) is 24.3 Å². The normalized spacial score (nSPS) is 11.7. The molecular weight excluding hydrogens is 793 g/mol. The van der Waals surface area contributed by atoms with Crippen LogP contribution in [0.4, 0.5) is 11.4 Å². The van der Waals surface area contributed by atoms with E-state index in [2.05, 4.69) is 20.7 Å². The third-order valence-corrected chi connectivity index (χ3v) is 10.6. The molecule has 0 radical (unpaired) electrons. The second kappa shape index (κ2) is 17.8. The Hall–Kier alpha value is -8.77. The minimum absolute atomic E-state index is 0.0448. The van der Waals surface area contributed by atoms with Gasteiger partial charge in [-0.15, -0.1) is 0 Å². The third-order valence-electron chi connectivity index (χ3n) is 10.6. The summed E-state index contributed by atoms with van der Waals surface area (Å²) in [6.45, 7) is 0.311. The monoisotopic (exact) mass is 827 g/mol. The van der Waals surface area contributed by atoms with Crippen LogP contribution in [0.15, 0.2) is 209 Å². The summed E-state index contributed by atoms with van der Waals surface area (Å²) in [7, 11) is 0. The van der Waals surface area contributed by atoms with E-state index in [-0.39, 0.29) is 30.8 Å². The van der Waals surface area contributed by atoms with Gasteiger partial charge in [-0.3, -0.25) is 20.2 Å². The lowest BCUT2D eigenvalue weighted by atomic mass is 9.81. The summed E-state index contributed by atoms with van der Waals surface area (Å²) in [5, 5.41) is 40.1. The molecule has 0 aliphatic carbocycles. The van der Waals surface area contributed by atoms with E-state index in [1.54, 1.807) is 24.3 Å². The van der Waals surface area contributed by atoms with Crippen molar-refractivity contribution in [2.45, 2.75) is 13.2 Å². The van der Waals surface area contributed by atoms with Gasteiger partial charge in [-0.25, -0.2) is 0 Å². The van der Waals surface area contributed by atoms with Gasteiger partial charge in [0.05, 0.1) is 27.0 Å². The molecule has 0 bridgehead atoms. The molecule has 0 N–H and O–H groups in total. The van der Waals surface area contributed by atoms with Crippen LogP contribution < -0.4 is 9.47 Å². The van der Waals surface area contributed by atoms with Gasteiger partial charge in [-0.2, -0.15) is 0 Å². The van der Waals surface area contributed by atoms with Crippen molar-refractivity contribution in [1.82, 2.24) is 0 Å². The third kappa shape index (κ3) is 8.37. The number of non-ortho nitro benzene ring substituents is 2. The van der Waals surface area contributed by atoms with E-state index in [4.69, 9.17) is 9.47 Å². The fraction of sp³-hybridized carbons (Fsp3) is 0.0392. The van der Waals surface area contributed by atoms with Crippen molar-refractivity contribution < 1.29 is 19.3 Å². The van der Waals surface area contributed by atoms with Crippen LogP contribution in [0, 0.1) is 26.4 Å². The highest BCUT2D eigenvalue weighted by Gasteiger charge is 2.38. The van der Waals surface area contributed by atoms with Crippen molar-refractivity contribution in [3.05, 3.63) is 231 Å². The Balaban J connectivity index is 1.45. The Morgan fingerprint density at radius 2 is 0.841 bits per heavy atom. The molecule has 8 aromatic rings. The maximum absolute atomic E-state index is 11.9. The fourth-order valence-corrected chi connectivity index (χ4v) is 7.65. The molecule has 0 amide bonds. The van der Waals surface area contributed by atoms with E-state index < -0.39 is 9.85 Å². The molecule has 0 fully saturated rings. The predicted octanol–water partition coefficient (Wildman–Crippen LogP) is 13.7. The zero-order chi connectivity index (χ0) is 43.1. The summed E-state index contributed by atoms with van der Waals surface area (Å²) in [6, 6.07) is 58.0. The molecular formula is C51H35N6O6+. The summed E-state index contributed by atoms with van der Waals surface area (Å²) in [4.78, 5) is 22.9. The van der Waals surface area contributed by atoms with E-state index in [9.17, 15) is 20.2 Å². The number of rotatable bonds is 14. The van der Waals surface area contributed by atoms with Crippen LogP contribution >= 0.6 is 0 Å². The molecule has 12 heteroatoms. The molecule has 12 nitrogen and oxygen atoms in total. The number of nitrogens with zero attached hydrogens (tertiary/aromatic N) is 6. The molecule has 0 spiro atoms. The number of benzene rings is 8. The molecule has 0 saturated carbocycles. The van der Waals surface area contributed by atoms with Gasteiger partial charge in [0.25, 0.3) is 11.4 Å². The first kappa shape index (κ1) is 39.7. The molecule has 0 aromatic heterocycles. The van der Waals surface area contributed by atoms with Gasteiger partial charge in [0.1, 0.15) is 24.5 Å². The molecule has 1 aliphatic heterocycles. The summed E-state index contributed by atoms with van der Waals surface area (Å²) < 4.78 is 14.3. The zero-order valence-electron chi connectivity index (χ0n) is 33.4. The zero-order valence-corrected chi connectivity index (χ0v) is 33.4. The highest BCUT2D eigenvalue weighted by molar-refractivity contribution is 6.04. The lowest BCUT2D eigenvalue weighted by Crippen LogP contribution is -2.07. The van der Waals surface area contributed by atoms with Crippen molar-refractivity contribution in [2.24, 2.45) is 20.7 Å². The maximum atomic E-state index is 11.9. The van der Waals surface area contributed by atoms with Gasteiger partial charge in [0.2, 0.25) is 0 Å². The molecule has 1 heterocycles. The Labute approximate surface area is 361 Å². The van der Waals surface area contributed by atoms with Crippen LogP contribution in [0.25, 0.3) is 55.6 Å². The van der Waals surface area contributed by atoms with Gasteiger partial charge in [-0.05, 0) is 84.4 Å². The Morgan fingerprint density at radius 3 is 1.35 bits per heavy atom. The van der Waals surface area contributed by atoms with E-state index in [0.29, 0.717) is 50.4 Å². The number of nitro benzene ring substituents is 2. The standard InChI is InChI=1S/C51H35N6O6/c58-56(59)40-25-21-38(22-26-40)43-30-29-42(36-17-9-3-10-18-36)47(49(43)62-32-34-13-5-1-6-14-34)48-44(37-19-11-4-12-20-37)31-45(51-52-54-55-53-51)46(39-23-27-41(28-24-39)57(60)61)50(48)63-33-35-15-7-2-8-16-35/h1-31H,32-33H2/q+1. The molecule has 0 unspecified atom stereocenters. The van der Waals surface area contributed by atoms with Crippen LogP contribution in [0.1, 0.15) is 16.7 Å². The van der Waals surface area contributed by atoms with E-state index in [1.807, 2.05) is 140 Å². The van der Waals surface area contributed by atoms with Crippen molar-refractivity contribution in [3.63, 3.8) is 0 Å². The summed E-state index contributed by atoms with van der Waals surface area (Å²) >= 11 is 0. The number of nitro groups is 2. The van der Waals surface area contributed by atoms with Gasteiger partial charge in [0.15, 0.2) is 11.3 Å². The van der Waals surface area contributed by atoms with Crippen LogP contribution in [-0.2, 0) is 13.2 Å². The van der Waals surface area contributed by atoms with Crippen LogP contribution in [0.5, 0.6) is 11.5 Å². The van der Waals surface area contributed by atoms with Crippen LogP contribution in [0.3, 0.4) is 0 Å². The van der Waals surface area contributed by atoms with Gasteiger partial charge in [0, 0.05) is 41.0 Å². The summed E-state index contributed by atoms with van der Waals surface area (Å²) in [5.41, 5.74) is 9.26. The van der Waals surface area contributed by atoms with Crippen molar-refractivity contribution in [1.29, 1.82) is 0 Å². The Morgan fingerprint density at radius 1 is 0.429 bits per heavy atom. The largest absolute Gasteiger partial charge is 0.488 e. The van der Waals surface area contributed by atoms with E-state index >= 15 is 0 Å². The minimum atomic E-state index is -0.443. The Bertz CT molecular complexity index is 2970. The van der Waals surface area contributed by atoms with Crippen LogP contribution in [-0.4, -0.2) is 9.85 Å². The van der Waals surface area contributed by atoms with Crippen molar-refractivity contribution in [3.8, 4) is 67.1 Å². The fourth-order valence-electron chi connectivity index (χ4n) is 7.65. The molecule has 0 saturated heterocycles. The summed E-state index contributed by atoms with van der Waals surface area (Å²) in [6.07, 6.45) is 0.222. The second-order valence-corrected chi connectivity index (χ2v) is 14.5. The Kier molecular flexibility index (Phi) is 11.2. The lowest BCUT2D eigenvalue weighted by molar-refractivity contribution is -0.385. The molecule has 304 valence electrons. The number of hydrogen-bond donors (Lipinski definition) is 0. The molecule has 1 aliphatic rings. The van der Waals surface area contributed by atoms with Gasteiger partial charge in [-0.1, -0.05) is 127 Å². The maximum Gasteiger partial charge on any atom is 0.314 e. The first-order chi connectivity index (χ1) is 30.9. The average Bonchev–Trinajstić information content (AvgIpc) is 3.89. The van der Waals surface area contributed by atoms with Gasteiger partial charge >= 0.3 is 6.17 Å². The second-order valence-electron chi connectivity index (χ2n) is 14.5. The lowest BCUT2D eigenvalue weighted by Gasteiger charge is -2.24. The average molecular weight is 828 g/mol. The molecule has 0 atom stereocenters. The highest BCUT2D eigenvalue weighted by atomic mass is 16.6. The predicted molar refractivity (Wildman–Crippen MR) is 241 cm³/mol. The van der Waals surface area contributed by atoms with Crippen molar-refractivity contribution in [2.75, 3.05) is 0 Å². The SMILES string of the molecule is O=[N+]([O-])c1ccc(-c2ccc(-c3ccccc3)c(-c3c(-c4ccccc4)cc([C+]4N=NN=N4)c(-c4ccc([N+](=O)[O-])cc4)c3OCc3ccccc3)c2OCc2ccccc2)cc1. The van der Waals surface area contributed by atoms with Crippen LogP contribution in [0.2, 0.25) is 0 Å². The van der Waals surface area contributed by atoms with Crippen molar-refractivity contribution >= 4 is 11.4 Å². The van der Waals surface area contributed by atoms with Gasteiger partial charge < -0.3 is 9.47 Å². The quantitative estimate of drug-likeness (QED) is 0.0604. The first-order valence-corrected chi connectivity index (χ1v) is 19.9.